The number of halogens is 1. The predicted octanol–water partition coefficient (Wildman–Crippen LogP) is 6.13. The molecule has 1 aliphatic rings. The molecular formula is C26H23BrN4OS. The molecule has 0 amide bonds. The zero-order valence-electron chi connectivity index (χ0n) is 18.2. The Hall–Kier alpha value is -3.16. The topological polar surface area (TPSA) is 53.3 Å². The molecule has 1 fully saturated rings. The fourth-order valence-electron chi connectivity index (χ4n) is 4.64. The molecule has 3 heterocycles. The second-order valence-corrected chi connectivity index (χ2v) is 9.45. The molecule has 0 aliphatic carbocycles. The fraction of sp³-hybridized carbons (Fsp3) is 0.154. The molecule has 1 saturated heterocycles. The van der Waals surface area contributed by atoms with Gasteiger partial charge < -0.3 is 19.9 Å². The molecule has 0 unspecified atom stereocenters. The van der Waals surface area contributed by atoms with Crippen LogP contribution in [0.1, 0.15) is 34.7 Å². The number of hydrogen-bond donors (Lipinski definition) is 2. The van der Waals surface area contributed by atoms with Crippen molar-refractivity contribution in [3.05, 3.63) is 106 Å². The van der Waals surface area contributed by atoms with Crippen molar-refractivity contribution in [3.8, 4) is 11.4 Å². The summed E-state index contributed by atoms with van der Waals surface area (Å²) >= 11 is 9.34. The molecule has 5 rings (SSSR count). The van der Waals surface area contributed by atoms with Crippen LogP contribution in [-0.2, 0) is 0 Å². The number of hydrogen-bond acceptors (Lipinski definition) is 3. The summed E-state index contributed by atoms with van der Waals surface area (Å²) in [6.07, 6.45) is 1.81. The van der Waals surface area contributed by atoms with Gasteiger partial charge in [0.05, 0.1) is 17.8 Å². The van der Waals surface area contributed by atoms with E-state index in [0.29, 0.717) is 5.11 Å². The lowest BCUT2D eigenvalue weighted by molar-refractivity contribution is 0.475. The fourth-order valence-corrected chi connectivity index (χ4v) is 5.25. The van der Waals surface area contributed by atoms with Gasteiger partial charge in [-0.25, -0.2) is 0 Å². The van der Waals surface area contributed by atoms with Gasteiger partial charge in [-0.05, 0) is 98.4 Å². The van der Waals surface area contributed by atoms with Gasteiger partial charge in [0.2, 0.25) is 0 Å². The van der Waals surface area contributed by atoms with E-state index in [1.54, 1.807) is 12.1 Å². The lowest BCUT2D eigenvalue weighted by atomic mass is 9.96. The van der Waals surface area contributed by atoms with Crippen molar-refractivity contribution in [2.75, 3.05) is 4.90 Å². The van der Waals surface area contributed by atoms with Gasteiger partial charge in [-0.15, -0.1) is 0 Å². The van der Waals surface area contributed by atoms with E-state index in [1.165, 1.54) is 5.56 Å². The van der Waals surface area contributed by atoms with E-state index < -0.39 is 0 Å². The molecular weight excluding hydrogens is 496 g/mol. The number of anilines is 1. The van der Waals surface area contributed by atoms with Gasteiger partial charge in [0.1, 0.15) is 5.75 Å². The normalized spacial score (nSPS) is 17.9. The van der Waals surface area contributed by atoms with Crippen LogP contribution in [0.15, 0.2) is 83.5 Å². The van der Waals surface area contributed by atoms with Crippen molar-refractivity contribution in [2.45, 2.75) is 25.9 Å². The molecule has 2 N–H and O–H groups in total. The van der Waals surface area contributed by atoms with Gasteiger partial charge >= 0.3 is 0 Å². The van der Waals surface area contributed by atoms with Crippen molar-refractivity contribution in [2.24, 2.45) is 0 Å². The molecule has 0 bridgehead atoms. The maximum Gasteiger partial charge on any atom is 0.174 e. The summed E-state index contributed by atoms with van der Waals surface area (Å²) in [6, 6.07) is 23.5. The van der Waals surface area contributed by atoms with Crippen LogP contribution in [0.3, 0.4) is 0 Å². The highest BCUT2D eigenvalue weighted by atomic mass is 79.9. The standard InChI is InChI=1S/C26H23BrN4OS/c1-16-15-22(17(2)30(16)19-8-6-18(27)7-9-19)25-24(23-5-3-4-14-28-23)29-26(33)31(25)20-10-12-21(32)13-11-20/h3-15,24-25,32H,1-2H3,(H,29,33)/t24-,25-/m1/s1. The van der Waals surface area contributed by atoms with E-state index in [0.717, 1.165) is 32.9 Å². The van der Waals surface area contributed by atoms with Gasteiger partial charge in [0.25, 0.3) is 0 Å². The maximum atomic E-state index is 9.82. The molecule has 2 aromatic heterocycles. The molecule has 5 nitrogen and oxygen atoms in total. The van der Waals surface area contributed by atoms with Gasteiger partial charge in [-0.2, -0.15) is 0 Å². The Kier molecular flexibility index (Phi) is 5.68. The van der Waals surface area contributed by atoms with Gasteiger partial charge in [0, 0.05) is 33.4 Å². The van der Waals surface area contributed by atoms with E-state index >= 15 is 0 Å². The van der Waals surface area contributed by atoms with Gasteiger partial charge in [-0.1, -0.05) is 22.0 Å². The van der Waals surface area contributed by atoms with E-state index in [2.05, 4.69) is 79.9 Å². The smallest absolute Gasteiger partial charge is 0.174 e. The van der Waals surface area contributed by atoms with Crippen molar-refractivity contribution in [3.63, 3.8) is 0 Å². The summed E-state index contributed by atoms with van der Waals surface area (Å²) in [4.78, 5) is 6.77. The van der Waals surface area contributed by atoms with E-state index in [4.69, 9.17) is 12.2 Å². The van der Waals surface area contributed by atoms with Crippen LogP contribution >= 0.6 is 28.1 Å². The van der Waals surface area contributed by atoms with Crippen LogP contribution in [0.2, 0.25) is 0 Å². The number of phenolic OH excluding ortho intramolecular Hbond substituents is 1. The molecule has 0 saturated carbocycles. The summed E-state index contributed by atoms with van der Waals surface area (Å²) in [5, 5.41) is 14.0. The van der Waals surface area contributed by atoms with Crippen LogP contribution in [0.25, 0.3) is 5.69 Å². The number of benzene rings is 2. The van der Waals surface area contributed by atoms with Crippen molar-refractivity contribution >= 4 is 38.9 Å². The summed E-state index contributed by atoms with van der Waals surface area (Å²) in [7, 11) is 0. The number of thiocarbonyl (C=S) groups is 1. The number of nitrogens with zero attached hydrogens (tertiary/aromatic N) is 3. The molecule has 4 aromatic rings. The third-order valence-electron chi connectivity index (χ3n) is 6.10. The lowest BCUT2D eigenvalue weighted by Crippen LogP contribution is -2.29. The number of phenols is 1. The van der Waals surface area contributed by atoms with Crippen LogP contribution < -0.4 is 10.2 Å². The number of aryl methyl sites for hydroxylation is 1. The summed E-state index contributed by atoms with van der Waals surface area (Å²) in [5.74, 6) is 0.225. The predicted molar refractivity (Wildman–Crippen MR) is 139 cm³/mol. The molecule has 2 aromatic carbocycles. The number of aromatic hydroxyl groups is 1. The first-order valence-electron chi connectivity index (χ1n) is 10.7. The minimum Gasteiger partial charge on any atom is -0.508 e. The van der Waals surface area contributed by atoms with Gasteiger partial charge in [-0.3, -0.25) is 4.98 Å². The van der Waals surface area contributed by atoms with Crippen LogP contribution in [-0.4, -0.2) is 19.8 Å². The first kappa shape index (κ1) is 21.7. The zero-order chi connectivity index (χ0) is 23.1. The average molecular weight is 519 g/mol. The molecule has 0 spiro atoms. The maximum absolute atomic E-state index is 9.82. The Morgan fingerprint density at radius 1 is 0.970 bits per heavy atom. The van der Waals surface area contributed by atoms with Crippen molar-refractivity contribution in [1.29, 1.82) is 0 Å². The Labute approximate surface area is 206 Å². The average Bonchev–Trinajstić information content (AvgIpc) is 3.31. The first-order valence-corrected chi connectivity index (χ1v) is 11.9. The Balaban J connectivity index is 1.67. The third kappa shape index (κ3) is 3.92. The Morgan fingerprint density at radius 3 is 2.33 bits per heavy atom. The van der Waals surface area contributed by atoms with Crippen LogP contribution in [0.5, 0.6) is 5.75 Å². The highest BCUT2D eigenvalue weighted by molar-refractivity contribution is 9.10. The monoisotopic (exact) mass is 518 g/mol. The highest BCUT2D eigenvalue weighted by Gasteiger charge is 2.42. The molecule has 2 atom stereocenters. The summed E-state index contributed by atoms with van der Waals surface area (Å²) in [5.41, 5.74) is 6.43. The second-order valence-electron chi connectivity index (χ2n) is 8.15. The Morgan fingerprint density at radius 2 is 1.67 bits per heavy atom. The van der Waals surface area contributed by atoms with Gasteiger partial charge in [0.15, 0.2) is 5.11 Å². The highest BCUT2D eigenvalue weighted by Crippen LogP contribution is 2.44. The minimum absolute atomic E-state index is 0.104. The number of nitrogens with one attached hydrogen (secondary N) is 1. The molecule has 33 heavy (non-hydrogen) atoms. The van der Waals surface area contributed by atoms with Crippen LogP contribution in [0.4, 0.5) is 5.69 Å². The molecule has 7 heteroatoms. The molecule has 1 aliphatic heterocycles. The minimum atomic E-state index is -0.119. The largest absolute Gasteiger partial charge is 0.508 e. The summed E-state index contributed by atoms with van der Waals surface area (Å²) < 4.78 is 3.32. The second kappa shape index (κ2) is 8.65. The van der Waals surface area contributed by atoms with Crippen LogP contribution in [0, 0.1) is 13.8 Å². The number of pyridine rings is 1. The SMILES string of the molecule is Cc1cc([C@@H]2[C@@H](c3ccccn3)NC(=S)N2c2ccc(O)cc2)c(C)n1-c1ccc(Br)cc1. The molecule has 166 valence electrons. The number of aromatic nitrogens is 2. The summed E-state index contributed by atoms with van der Waals surface area (Å²) in [6.45, 7) is 4.27. The van der Waals surface area contributed by atoms with E-state index in [1.807, 2.05) is 36.5 Å². The zero-order valence-corrected chi connectivity index (χ0v) is 20.6. The van der Waals surface area contributed by atoms with Crippen molar-refractivity contribution < 1.29 is 5.11 Å². The third-order valence-corrected chi connectivity index (χ3v) is 6.94. The molecule has 0 radical (unpaired) electrons. The van der Waals surface area contributed by atoms with E-state index in [-0.39, 0.29) is 17.8 Å². The van der Waals surface area contributed by atoms with Crippen molar-refractivity contribution in [1.82, 2.24) is 14.9 Å². The first-order chi connectivity index (χ1) is 15.9. The lowest BCUT2D eigenvalue weighted by Gasteiger charge is -2.28. The van der Waals surface area contributed by atoms with E-state index in [9.17, 15) is 5.11 Å². The Bertz CT molecular complexity index is 1300. The number of rotatable bonds is 4. The quantitative estimate of drug-likeness (QED) is 0.318.